The van der Waals surface area contributed by atoms with Crippen LogP contribution in [0.25, 0.3) is 10.9 Å². The Labute approximate surface area is 205 Å². The summed E-state index contributed by atoms with van der Waals surface area (Å²) in [6, 6.07) is 7.57. The summed E-state index contributed by atoms with van der Waals surface area (Å²) in [4.78, 5) is 16.9. The van der Waals surface area contributed by atoms with Gasteiger partial charge in [-0.05, 0) is 100 Å². The van der Waals surface area contributed by atoms with Crippen molar-refractivity contribution in [1.29, 1.82) is 0 Å². The number of rotatable bonds is 6. The van der Waals surface area contributed by atoms with Crippen molar-refractivity contribution in [3.63, 3.8) is 0 Å². The van der Waals surface area contributed by atoms with Gasteiger partial charge in [-0.3, -0.25) is 9.69 Å². The molecule has 0 atom stereocenters. The third kappa shape index (κ3) is 5.21. The number of hydrogen-bond donors (Lipinski definition) is 0. The van der Waals surface area contributed by atoms with Gasteiger partial charge in [-0.25, -0.2) is 0 Å². The van der Waals surface area contributed by atoms with Crippen molar-refractivity contribution < 1.29 is 9.53 Å². The molecule has 1 aliphatic carbocycles. The summed E-state index contributed by atoms with van der Waals surface area (Å²) in [5.74, 6) is 2.18. The predicted molar refractivity (Wildman–Crippen MR) is 138 cm³/mol. The molecule has 0 unspecified atom stereocenters. The molecule has 5 nitrogen and oxygen atoms in total. The number of fused-ring (bicyclic) bond motifs is 1. The third-order valence-electron chi connectivity index (χ3n) is 8.83. The predicted octanol–water partition coefficient (Wildman–Crippen LogP) is 6.01. The number of nitrogens with zero attached hydrogens (tertiary/aromatic N) is 3. The van der Waals surface area contributed by atoms with Gasteiger partial charge in [0.25, 0.3) is 0 Å². The molecular weight excluding hydrogens is 422 g/mol. The highest BCUT2D eigenvalue weighted by Crippen LogP contribution is 2.37. The third-order valence-corrected chi connectivity index (χ3v) is 8.83. The highest BCUT2D eigenvalue weighted by Gasteiger charge is 2.31. The summed E-state index contributed by atoms with van der Waals surface area (Å²) < 4.78 is 7.98. The Balaban J connectivity index is 1.30. The average molecular weight is 466 g/mol. The van der Waals surface area contributed by atoms with Crippen LogP contribution < -0.4 is 4.74 Å². The lowest BCUT2D eigenvalue weighted by molar-refractivity contribution is -0.131. The molecule has 5 rings (SSSR count). The monoisotopic (exact) mass is 465 g/mol. The van der Waals surface area contributed by atoms with Crippen molar-refractivity contribution >= 4 is 16.9 Å². The van der Waals surface area contributed by atoms with Crippen LogP contribution in [0.4, 0.5) is 0 Å². The quantitative estimate of drug-likeness (QED) is 0.386. The van der Waals surface area contributed by atoms with Gasteiger partial charge in [0.1, 0.15) is 5.75 Å². The molecule has 186 valence electrons. The second-order valence-electron chi connectivity index (χ2n) is 11.4. The molecule has 2 aliphatic heterocycles. The van der Waals surface area contributed by atoms with Crippen LogP contribution in [0.3, 0.4) is 0 Å². The molecule has 0 bridgehead atoms. The largest absolute Gasteiger partial charge is 0.427 e. The SMILES string of the molecule is CC(=O)Oc1ccc2c(c1)c(CN1CCCC1)cn2C1CCN(C2CCC(C(C)C)CC2)CC1. The fraction of sp³-hybridized carbons (Fsp3) is 0.690. The molecule has 3 fully saturated rings. The van der Waals surface area contributed by atoms with E-state index >= 15 is 0 Å². The van der Waals surface area contributed by atoms with E-state index in [4.69, 9.17) is 4.74 Å². The van der Waals surface area contributed by atoms with Crippen LogP contribution in [0.15, 0.2) is 24.4 Å². The molecule has 1 aromatic carbocycles. The number of aromatic nitrogens is 1. The second-order valence-corrected chi connectivity index (χ2v) is 11.4. The first-order chi connectivity index (χ1) is 16.5. The van der Waals surface area contributed by atoms with Gasteiger partial charge in [0.15, 0.2) is 0 Å². The van der Waals surface area contributed by atoms with Gasteiger partial charge in [-0.2, -0.15) is 0 Å². The fourth-order valence-electron chi connectivity index (χ4n) is 6.81. The molecule has 5 heteroatoms. The Morgan fingerprint density at radius 3 is 2.32 bits per heavy atom. The standard InChI is InChI=1S/C29H43N3O2/c1-21(2)23-6-8-25(9-7-23)31-16-12-26(13-17-31)32-20-24(19-30-14-4-5-15-30)28-18-27(34-22(3)33)10-11-29(28)32/h10-11,18,20-21,23,25-26H,4-9,12-17,19H2,1-3H3. The van der Waals surface area contributed by atoms with Crippen molar-refractivity contribution in [1.82, 2.24) is 14.4 Å². The molecular formula is C29H43N3O2. The van der Waals surface area contributed by atoms with E-state index in [0.717, 1.165) is 24.4 Å². The number of ether oxygens (including phenoxy) is 1. The lowest BCUT2D eigenvalue weighted by atomic mass is 9.79. The van der Waals surface area contributed by atoms with Gasteiger partial charge in [0.2, 0.25) is 0 Å². The summed E-state index contributed by atoms with van der Waals surface area (Å²) in [6.45, 7) is 12.1. The summed E-state index contributed by atoms with van der Waals surface area (Å²) in [5, 5.41) is 1.25. The summed E-state index contributed by atoms with van der Waals surface area (Å²) in [6.07, 6.45) is 13.1. The lowest BCUT2D eigenvalue weighted by Gasteiger charge is -2.42. The van der Waals surface area contributed by atoms with Crippen LogP contribution in [-0.4, -0.2) is 52.6 Å². The maximum Gasteiger partial charge on any atom is 0.308 e. The minimum absolute atomic E-state index is 0.255. The number of carbonyl (C=O) groups is 1. The summed E-state index contributed by atoms with van der Waals surface area (Å²) in [5.41, 5.74) is 2.67. The Kier molecular flexibility index (Phi) is 7.31. The van der Waals surface area contributed by atoms with Crippen LogP contribution in [0.5, 0.6) is 5.75 Å². The van der Waals surface area contributed by atoms with Gasteiger partial charge < -0.3 is 14.2 Å². The number of likely N-dealkylation sites (tertiary alicyclic amines) is 2. The molecule has 0 spiro atoms. The molecule has 2 aromatic rings. The molecule has 0 amide bonds. The van der Waals surface area contributed by atoms with E-state index in [1.54, 1.807) is 0 Å². The molecule has 3 aliphatic rings. The van der Waals surface area contributed by atoms with Crippen molar-refractivity contribution in [3.8, 4) is 5.75 Å². The number of hydrogen-bond acceptors (Lipinski definition) is 4. The van der Waals surface area contributed by atoms with Gasteiger partial charge in [0, 0.05) is 55.7 Å². The lowest BCUT2D eigenvalue weighted by Crippen LogP contribution is -2.43. The van der Waals surface area contributed by atoms with Crippen LogP contribution in [0.2, 0.25) is 0 Å². The van der Waals surface area contributed by atoms with E-state index in [9.17, 15) is 4.79 Å². The summed E-state index contributed by atoms with van der Waals surface area (Å²) in [7, 11) is 0. The Hall–Kier alpha value is -1.85. The fourth-order valence-corrected chi connectivity index (χ4v) is 6.81. The molecule has 2 saturated heterocycles. The normalized spacial score (nSPS) is 25.4. The molecule has 3 heterocycles. The molecule has 1 saturated carbocycles. The molecule has 34 heavy (non-hydrogen) atoms. The summed E-state index contributed by atoms with van der Waals surface area (Å²) >= 11 is 0. The number of piperidine rings is 1. The van der Waals surface area contributed by atoms with Crippen molar-refractivity contribution in [2.24, 2.45) is 11.8 Å². The Bertz CT molecular complexity index is 975. The van der Waals surface area contributed by atoms with Gasteiger partial charge in [-0.1, -0.05) is 13.8 Å². The van der Waals surface area contributed by atoms with Gasteiger partial charge >= 0.3 is 5.97 Å². The minimum atomic E-state index is -0.255. The maximum atomic E-state index is 11.5. The highest BCUT2D eigenvalue weighted by atomic mass is 16.5. The zero-order valence-corrected chi connectivity index (χ0v) is 21.5. The van der Waals surface area contributed by atoms with E-state index in [-0.39, 0.29) is 5.97 Å². The smallest absolute Gasteiger partial charge is 0.308 e. The van der Waals surface area contributed by atoms with E-state index < -0.39 is 0 Å². The Morgan fingerprint density at radius 1 is 0.971 bits per heavy atom. The van der Waals surface area contributed by atoms with Gasteiger partial charge in [0.05, 0.1) is 0 Å². The number of benzene rings is 1. The van der Waals surface area contributed by atoms with Gasteiger partial charge in [-0.15, -0.1) is 0 Å². The topological polar surface area (TPSA) is 37.7 Å². The first-order valence-electron chi connectivity index (χ1n) is 13.8. The average Bonchev–Trinajstić information content (AvgIpc) is 3.47. The van der Waals surface area contributed by atoms with E-state index in [1.807, 2.05) is 6.07 Å². The van der Waals surface area contributed by atoms with Crippen LogP contribution in [-0.2, 0) is 11.3 Å². The number of esters is 1. The molecule has 1 aromatic heterocycles. The van der Waals surface area contributed by atoms with Crippen LogP contribution in [0.1, 0.15) is 83.7 Å². The van der Waals surface area contributed by atoms with Crippen molar-refractivity contribution in [3.05, 3.63) is 30.0 Å². The minimum Gasteiger partial charge on any atom is -0.427 e. The highest BCUT2D eigenvalue weighted by molar-refractivity contribution is 5.86. The van der Waals surface area contributed by atoms with E-state index in [1.165, 1.54) is 101 Å². The second kappa shape index (κ2) is 10.4. The zero-order valence-electron chi connectivity index (χ0n) is 21.5. The Morgan fingerprint density at radius 2 is 1.68 bits per heavy atom. The first kappa shape index (κ1) is 23.9. The van der Waals surface area contributed by atoms with Crippen LogP contribution >= 0.6 is 0 Å². The number of carbonyl (C=O) groups excluding carboxylic acids is 1. The van der Waals surface area contributed by atoms with Crippen molar-refractivity contribution in [2.45, 2.75) is 90.8 Å². The van der Waals surface area contributed by atoms with Crippen molar-refractivity contribution in [2.75, 3.05) is 26.2 Å². The van der Waals surface area contributed by atoms with E-state index in [0.29, 0.717) is 11.8 Å². The van der Waals surface area contributed by atoms with Crippen LogP contribution in [0, 0.1) is 11.8 Å². The van der Waals surface area contributed by atoms with E-state index in [2.05, 4.69) is 46.5 Å². The zero-order chi connectivity index (χ0) is 23.7. The first-order valence-corrected chi connectivity index (χ1v) is 13.8. The molecule has 0 radical (unpaired) electrons. The maximum absolute atomic E-state index is 11.5. The molecule has 0 N–H and O–H groups in total.